The molecule has 0 bridgehead atoms. The summed E-state index contributed by atoms with van der Waals surface area (Å²) in [6, 6.07) is 22.6. The van der Waals surface area contributed by atoms with Gasteiger partial charge in [-0.1, -0.05) is 54.6 Å². The number of ether oxygens (including phenoxy) is 2. The molecule has 0 unspecified atom stereocenters. The van der Waals surface area contributed by atoms with Crippen LogP contribution in [0.1, 0.15) is 17.4 Å². The fourth-order valence-corrected chi connectivity index (χ4v) is 3.20. The van der Waals surface area contributed by atoms with Gasteiger partial charge in [0.05, 0.1) is 19.0 Å². The fourth-order valence-electron chi connectivity index (χ4n) is 3.20. The molecule has 31 heavy (non-hydrogen) atoms. The van der Waals surface area contributed by atoms with Crippen LogP contribution in [0.15, 0.2) is 79.0 Å². The highest BCUT2D eigenvalue weighted by Crippen LogP contribution is 2.24. The number of hydrogen-bond donors (Lipinski definition) is 1. The van der Waals surface area contributed by atoms with Crippen molar-refractivity contribution in [3.05, 3.63) is 84.7 Å². The molecule has 7 heteroatoms. The molecule has 1 amide bonds. The summed E-state index contributed by atoms with van der Waals surface area (Å²) in [5, 5.41) is 9.01. The molecule has 0 saturated carbocycles. The Morgan fingerprint density at radius 3 is 2.45 bits per heavy atom. The van der Waals surface area contributed by atoms with Crippen molar-refractivity contribution in [3.63, 3.8) is 0 Å². The maximum atomic E-state index is 12.7. The van der Waals surface area contributed by atoms with Crippen molar-refractivity contribution >= 4 is 28.3 Å². The predicted molar refractivity (Wildman–Crippen MR) is 118 cm³/mol. The second-order valence-electron chi connectivity index (χ2n) is 6.89. The van der Waals surface area contributed by atoms with Crippen LogP contribution in [0.25, 0.3) is 16.5 Å². The SMILES string of the molecule is COc1cn(-c2ccccc2)nc1C(=O)O[C@@H](C)C(=O)Nc1cccc2ccccc12. The maximum absolute atomic E-state index is 12.7. The minimum Gasteiger partial charge on any atom is -0.493 e. The zero-order chi connectivity index (χ0) is 21.8. The molecule has 0 aliphatic heterocycles. The van der Waals surface area contributed by atoms with Crippen molar-refractivity contribution in [2.24, 2.45) is 0 Å². The molecule has 0 aliphatic carbocycles. The molecule has 1 atom stereocenters. The number of methoxy groups -OCH3 is 1. The summed E-state index contributed by atoms with van der Waals surface area (Å²) in [6.45, 7) is 1.51. The average Bonchev–Trinajstić information content (AvgIpc) is 3.24. The Morgan fingerprint density at radius 2 is 1.68 bits per heavy atom. The number of aromatic nitrogens is 2. The quantitative estimate of drug-likeness (QED) is 0.477. The normalized spacial score (nSPS) is 11.7. The van der Waals surface area contributed by atoms with Gasteiger partial charge in [0.1, 0.15) is 0 Å². The van der Waals surface area contributed by atoms with Crippen LogP contribution in [-0.2, 0) is 9.53 Å². The summed E-state index contributed by atoms with van der Waals surface area (Å²) in [7, 11) is 1.44. The number of rotatable bonds is 6. The highest BCUT2D eigenvalue weighted by molar-refractivity contribution is 6.04. The van der Waals surface area contributed by atoms with E-state index in [0.29, 0.717) is 5.69 Å². The number of nitrogens with one attached hydrogen (secondary N) is 1. The number of nitrogens with zero attached hydrogens (tertiary/aromatic N) is 2. The number of fused-ring (bicyclic) bond motifs is 1. The first-order valence-corrected chi connectivity index (χ1v) is 9.75. The lowest BCUT2D eigenvalue weighted by molar-refractivity contribution is -0.123. The van der Waals surface area contributed by atoms with Crippen molar-refractivity contribution in [1.82, 2.24) is 9.78 Å². The largest absolute Gasteiger partial charge is 0.493 e. The smallest absolute Gasteiger partial charge is 0.363 e. The second-order valence-corrected chi connectivity index (χ2v) is 6.89. The molecule has 0 fully saturated rings. The zero-order valence-electron chi connectivity index (χ0n) is 17.1. The number of carbonyl (C=O) groups is 2. The highest BCUT2D eigenvalue weighted by Gasteiger charge is 2.25. The Bertz CT molecular complexity index is 1230. The molecule has 0 radical (unpaired) electrons. The topological polar surface area (TPSA) is 82.5 Å². The maximum Gasteiger partial charge on any atom is 0.363 e. The molecule has 4 aromatic rings. The number of hydrogen-bond acceptors (Lipinski definition) is 5. The van der Waals surface area contributed by atoms with Crippen LogP contribution in [0, 0.1) is 0 Å². The number of carbonyl (C=O) groups excluding carboxylic acids is 2. The van der Waals surface area contributed by atoms with Gasteiger partial charge in [-0.3, -0.25) is 4.79 Å². The molecule has 1 heterocycles. The summed E-state index contributed by atoms with van der Waals surface area (Å²) < 4.78 is 12.2. The van der Waals surface area contributed by atoms with E-state index in [4.69, 9.17) is 9.47 Å². The van der Waals surface area contributed by atoms with Gasteiger partial charge in [-0.05, 0) is 30.5 Å². The molecule has 0 spiro atoms. The Morgan fingerprint density at radius 1 is 0.968 bits per heavy atom. The van der Waals surface area contributed by atoms with Crippen LogP contribution in [0.3, 0.4) is 0 Å². The number of anilines is 1. The molecule has 7 nitrogen and oxygen atoms in total. The minimum absolute atomic E-state index is 0.00355. The van der Waals surface area contributed by atoms with E-state index in [0.717, 1.165) is 16.5 Å². The zero-order valence-corrected chi connectivity index (χ0v) is 17.1. The van der Waals surface area contributed by atoms with Crippen LogP contribution in [0.4, 0.5) is 5.69 Å². The van der Waals surface area contributed by atoms with Gasteiger partial charge in [0.25, 0.3) is 5.91 Å². The third-order valence-electron chi connectivity index (χ3n) is 4.82. The number of esters is 1. The molecular formula is C24H21N3O4. The van der Waals surface area contributed by atoms with E-state index in [1.807, 2.05) is 66.7 Å². The Kier molecular flexibility index (Phi) is 5.66. The third-order valence-corrected chi connectivity index (χ3v) is 4.82. The summed E-state index contributed by atoms with van der Waals surface area (Å²) in [5.74, 6) is -0.922. The van der Waals surface area contributed by atoms with Gasteiger partial charge < -0.3 is 14.8 Å². The summed E-state index contributed by atoms with van der Waals surface area (Å²) in [6.07, 6.45) is 0.560. The fraction of sp³-hybridized carbons (Fsp3) is 0.125. The number of para-hydroxylation sites is 1. The first-order valence-electron chi connectivity index (χ1n) is 9.75. The van der Waals surface area contributed by atoms with Gasteiger partial charge in [0.15, 0.2) is 11.9 Å². The Balaban J connectivity index is 1.49. The predicted octanol–water partition coefficient (Wildman–Crippen LogP) is 4.22. The van der Waals surface area contributed by atoms with Crippen LogP contribution < -0.4 is 10.1 Å². The number of amides is 1. The van der Waals surface area contributed by atoms with Crippen LogP contribution in [0.2, 0.25) is 0 Å². The first kappa shape index (κ1) is 20.2. The Hall–Kier alpha value is -4.13. The van der Waals surface area contributed by atoms with Gasteiger partial charge in [0.2, 0.25) is 5.69 Å². The average molecular weight is 415 g/mol. The summed E-state index contributed by atoms with van der Waals surface area (Å²) in [4.78, 5) is 25.3. The first-order chi connectivity index (χ1) is 15.1. The molecule has 0 saturated heterocycles. The highest BCUT2D eigenvalue weighted by atomic mass is 16.6. The van der Waals surface area contributed by atoms with Gasteiger partial charge >= 0.3 is 5.97 Å². The van der Waals surface area contributed by atoms with Gasteiger partial charge in [0, 0.05) is 11.1 Å². The van der Waals surface area contributed by atoms with E-state index < -0.39 is 18.0 Å². The molecule has 156 valence electrons. The van der Waals surface area contributed by atoms with E-state index in [1.165, 1.54) is 18.7 Å². The Labute approximate surface area is 179 Å². The van der Waals surface area contributed by atoms with E-state index in [2.05, 4.69) is 10.4 Å². The van der Waals surface area contributed by atoms with Crippen LogP contribution >= 0.6 is 0 Å². The molecule has 3 aromatic carbocycles. The van der Waals surface area contributed by atoms with Crippen molar-refractivity contribution in [1.29, 1.82) is 0 Å². The van der Waals surface area contributed by atoms with Gasteiger partial charge in [-0.15, -0.1) is 0 Å². The van der Waals surface area contributed by atoms with Crippen molar-refractivity contribution in [3.8, 4) is 11.4 Å². The van der Waals surface area contributed by atoms with Gasteiger partial charge in [-0.2, -0.15) is 5.10 Å². The van der Waals surface area contributed by atoms with E-state index in [-0.39, 0.29) is 11.4 Å². The molecular weight excluding hydrogens is 394 g/mol. The molecule has 1 aromatic heterocycles. The monoisotopic (exact) mass is 415 g/mol. The van der Waals surface area contributed by atoms with Crippen molar-refractivity contribution in [2.45, 2.75) is 13.0 Å². The van der Waals surface area contributed by atoms with Crippen LogP contribution in [-0.4, -0.2) is 34.9 Å². The molecule has 0 aliphatic rings. The number of benzene rings is 3. The molecule has 1 N–H and O–H groups in total. The lowest BCUT2D eigenvalue weighted by atomic mass is 10.1. The lowest BCUT2D eigenvalue weighted by Gasteiger charge is -2.14. The van der Waals surface area contributed by atoms with E-state index in [9.17, 15) is 9.59 Å². The molecule has 4 rings (SSSR count). The van der Waals surface area contributed by atoms with E-state index in [1.54, 1.807) is 12.3 Å². The van der Waals surface area contributed by atoms with Crippen molar-refractivity contribution in [2.75, 3.05) is 12.4 Å². The van der Waals surface area contributed by atoms with Gasteiger partial charge in [-0.25, -0.2) is 9.48 Å². The summed E-state index contributed by atoms with van der Waals surface area (Å²) >= 11 is 0. The standard InChI is InChI=1S/C24H21N3O4/c1-16(23(28)25-20-14-8-10-17-9-6-7-13-19(17)20)31-24(29)22-21(30-2)15-27(26-22)18-11-4-3-5-12-18/h3-16H,1-2H3,(H,25,28)/t16-/m0/s1. The minimum atomic E-state index is -1.03. The van der Waals surface area contributed by atoms with Crippen molar-refractivity contribution < 1.29 is 19.1 Å². The van der Waals surface area contributed by atoms with E-state index >= 15 is 0 Å². The summed E-state index contributed by atoms with van der Waals surface area (Å²) in [5.41, 5.74) is 1.41. The lowest BCUT2D eigenvalue weighted by Crippen LogP contribution is -2.30. The third kappa shape index (κ3) is 4.25. The van der Waals surface area contributed by atoms with Crippen LogP contribution in [0.5, 0.6) is 5.75 Å². The second kappa shape index (κ2) is 8.71.